The quantitative estimate of drug-likeness (QED) is 0.671. The average molecular weight is 222 g/mol. The Balaban J connectivity index is 2.08. The van der Waals surface area contributed by atoms with E-state index >= 15 is 0 Å². The van der Waals surface area contributed by atoms with Crippen LogP contribution >= 0.6 is 0 Å². The minimum Gasteiger partial charge on any atom is -0.455 e. The lowest BCUT2D eigenvalue weighted by atomic mass is 9.68. The van der Waals surface area contributed by atoms with Crippen molar-refractivity contribution in [2.75, 3.05) is 0 Å². The molecule has 1 saturated carbocycles. The fourth-order valence-corrected chi connectivity index (χ4v) is 3.27. The topological polar surface area (TPSA) is 26.3 Å². The predicted octanol–water partition coefficient (Wildman–Crippen LogP) is 3.18. The van der Waals surface area contributed by atoms with E-state index in [1.807, 2.05) is 6.08 Å². The molecule has 1 aliphatic carbocycles. The maximum Gasteiger partial charge on any atom is 0.331 e. The number of carbonyl (C=O) groups excluding carboxylic acids is 1. The molecule has 0 spiro atoms. The number of hydrogen-bond donors (Lipinski definition) is 0. The van der Waals surface area contributed by atoms with Crippen LogP contribution in [-0.2, 0) is 9.53 Å². The minimum atomic E-state index is -0.161. The third-order valence-electron chi connectivity index (χ3n) is 4.17. The summed E-state index contributed by atoms with van der Waals surface area (Å²) in [5.74, 6) is 2.53. The van der Waals surface area contributed by atoms with Gasteiger partial charge >= 0.3 is 5.97 Å². The van der Waals surface area contributed by atoms with Gasteiger partial charge in [0.25, 0.3) is 0 Å². The van der Waals surface area contributed by atoms with Crippen LogP contribution < -0.4 is 0 Å². The van der Waals surface area contributed by atoms with Gasteiger partial charge in [0.1, 0.15) is 6.10 Å². The summed E-state index contributed by atoms with van der Waals surface area (Å²) in [7, 11) is 0. The highest BCUT2D eigenvalue weighted by molar-refractivity contribution is 5.84. The highest BCUT2D eigenvalue weighted by Gasteiger charge is 2.37. The van der Waals surface area contributed by atoms with Gasteiger partial charge in [-0.15, -0.1) is 0 Å². The minimum absolute atomic E-state index is 0.0441. The Morgan fingerprint density at radius 1 is 1.38 bits per heavy atom. The number of cyclic esters (lactones) is 1. The van der Waals surface area contributed by atoms with Crippen LogP contribution in [0.15, 0.2) is 12.2 Å². The zero-order valence-electron chi connectivity index (χ0n) is 10.5. The Labute approximate surface area is 98.1 Å². The fraction of sp³-hybridized carbons (Fsp3) is 0.786. The summed E-state index contributed by atoms with van der Waals surface area (Å²) in [6, 6.07) is 0. The van der Waals surface area contributed by atoms with Crippen LogP contribution in [0.4, 0.5) is 0 Å². The van der Waals surface area contributed by atoms with Crippen LogP contribution in [0.5, 0.6) is 0 Å². The average Bonchev–Trinajstić information content (AvgIpc) is 2.64. The third-order valence-corrected chi connectivity index (χ3v) is 4.17. The van der Waals surface area contributed by atoms with E-state index < -0.39 is 0 Å². The second-order valence-corrected chi connectivity index (χ2v) is 5.75. The van der Waals surface area contributed by atoms with Crippen LogP contribution in [0.3, 0.4) is 0 Å². The summed E-state index contributed by atoms with van der Waals surface area (Å²) >= 11 is 0. The summed E-state index contributed by atoms with van der Waals surface area (Å²) < 4.78 is 5.38. The first kappa shape index (κ1) is 11.7. The number of ether oxygens (including phenoxy) is 1. The van der Waals surface area contributed by atoms with E-state index in [0.717, 1.165) is 5.92 Å². The summed E-state index contributed by atoms with van der Waals surface area (Å²) in [5, 5.41) is 0. The van der Waals surface area contributed by atoms with Gasteiger partial charge in [0, 0.05) is 12.0 Å². The molecule has 2 nitrogen and oxygen atoms in total. The molecule has 2 aliphatic rings. The molecule has 1 fully saturated rings. The maximum atomic E-state index is 11.1. The van der Waals surface area contributed by atoms with Crippen molar-refractivity contribution >= 4 is 5.97 Å². The van der Waals surface area contributed by atoms with Gasteiger partial charge in [-0.3, -0.25) is 0 Å². The molecular weight excluding hydrogens is 200 g/mol. The SMILES string of the molecule is CC(C)[C@@H]1CC[C@@H](C)C[C@H]1[C@H]1C=CC(=O)O1. The van der Waals surface area contributed by atoms with Gasteiger partial charge in [-0.05, 0) is 36.7 Å². The fourth-order valence-electron chi connectivity index (χ4n) is 3.27. The lowest BCUT2D eigenvalue weighted by Gasteiger charge is -2.39. The van der Waals surface area contributed by atoms with Crippen molar-refractivity contribution < 1.29 is 9.53 Å². The first-order valence-corrected chi connectivity index (χ1v) is 6.46. The third kappa shape index (κ3) is 2.31. The van der Waals surface area contributed by atoms with Gasteiger partial charge in [0.2, 0.25) is 0 Å². The molecule has 0 unspecified atom stereocenters. The van der Waals surface area contributed by atoms with Crippen molar-refractivity contribution in [3.63, 3.8) is 0 Å². The Hall–Kier alpha value is -0.790. The van der Waals surface area contributed by atoms with Crippen molar-refractivity contribution in [3.8, 4) is 0 Å². The van der Waals surface area contributed by atoms with E-state index in [2.05, 4.69) is 20.8 Å². The molecule has 0 saturated heterocycles. The molecule has 0 radical (unpaired) electrons. The molecule has 0 aromatic carbocycles. The highest BCUT2D eigenvalue weighted by Crippen LogP contribution is 2.41. The summed E-state index contributed by atoms with van der Waals surface area (Å²) in [6.07, 6.45) is 7.39. The van der Waals surface area contributed by atoms with Gasteiger partial charge in [0.15, 0.2) is 0 Å². The second-order valence-electron chi connectivity index (χ2n) is 5.75. The van der Waals surface area contributed by atoms with E-state index in [9.17, 15) is 4.79 Å². The maximum absolute atomic E-state index is 11.1. The Morgan fingerprint density at radius 3 is 2.69 bits per heavy atom. The van der Waals surface area contributed by atoms with Gasteiger partial charge in [-0.25, -0.2) is 4.79 Å². The van der Waals surface area contributed by atoms with Crippen LogP contribution in [0.25, 0.3) is 0 Å². The molecule has 0 amide bonds. The van der Waals surface area contributed by atoms with Crippen molar-refractivity contribution in [1.29, 1.82) is 0 Å². The Bertz CT molecular complexity index is 293. The van der Waals surface area contributed by atoms with Gasteiger partial charge in [-0.1, -0.05) is 27.2 Å². The Morgan fingerprint density at radius 2 is 2.12 bits per heavy atom. The molecule has 0 aromatic rings. The number of esters is 1. The van der Waals surface area contributed by atoms with Crippen molar-refractivity contribution in [3.05, 3.63) is 12.2 Å². The summed E-state index contributed by atoms with van der Waals surface area (Å²) in [4.78, 5) is 11.1. The van der Waals surface area contributed by atoms with E-state index in [-0.39, 0.29) is 12.1 Å². The van der Waals surface area contributed by atoms with E-state index in [4.69, 9.17) is 4.74 Å². The molecule has 0 aromatic heterocycles. The van der Waals surface area contributed by atoms with E-state index in [0.29, 0.717) is 17.8 Å². The smallest absolute Gasteiger partial charge is 0.331 e. The zero-order chi connectivity index (χ0) is 11.7. The summed E-state index contributed by atoms with van der Waals surface area (Å²) in [5.41, 5.74) is 0. The van der Waals surface area contributed by atoms with Crippen molar-refractivity contribution in [2.24, 2.45) is 23.7 Å². The van der Waals surface area contributed by atoms with Crippen LogP contribution in [0.2, 0.25) is 0 Å². The molecule has 90 valence electrons. The molecule has 4 atom stereocenters. The second kappa shape index (κ2) is 4.60. The first-order chi connectivity index (χ1) is 7.58. The lowest BCUT2D eigenvalue weighted by Crippen LogP contribution is -2.35. The Kier molecular flexibility index (Phi) is 3.36. The van der Waals surface area contributed by atoms with Crippen molar-refractivity contribution in [2.45, 2.75) is 46.1 Å². The molecule has 0 N–H and O–H groups in total. The summed E-state index contributed by atoms with van der Waals surface area (Å²) in [6.45, 7) is 6.88. The zero-order valence-corrected chi connectivity index (χ0v) is 10.5. The molecule has 1 aliphatic heterocycles. The van der Waals surface area contributed by atoms with Gasteiger partial charge in [0.05, 0.1) is 0 Å². The van der Waals surface area contributed by atoms with E-state index in [1.165, 1.54) is 19.3 Å². The van der Waals surface area contributed by atoms with Crippen LogP contribution in [0, 0.1) is 23.7 Å². The largest absolute Gasteiger partial charge is 0.455 e. The number of rotatable bonds is 2. The van der Waals surface area contributed by atoms with Crippen molar-refractivity contribution in [1.82, 2.24) is 0 Å². The molecule has 2 heteroatoms. The number of carbonyl (C=O) groups is 1. The first-order valence-electron chi connectivity index (χ1n) is 6.46. The van der Waals surface area contributed by atoms with Crippen LogP contribution in [-0.4, -0.2) is 12.1 Å². The molecule has 1 heterocycles. The molecule has 0 bridgehead atoms. The van der Waals surface area contributed by atoms with Gasteiger partial charge in [-0.2, -0.15) is 0 Å². The number of hydrogen-bond acceptors (Lipinski definition) is 2. The highest BCUT2D eigenvalue weighted by atomic mass is 16.5. The van der Waals surface area contributed by atoms with Crippen LogP contribution in [0.1, 0.15) is 40.0 Å². The molecule has 2 rings (SSSR count). The molecular formula is C14H22O2. The van der Waals surface area contributed by atoms with E-state index in [1.54, 1.807) is 6.08 Å². The lowest BCUT2D eigenvalue weighted by molar-refractivity contribution is -0.142. The van der Waals surface area contributed by atoms with Gasteiger partial charge < -0.3 is 4.74 Å². The normalized spacial score (nSPS) is 39.1. The standard InChI is InChI=1S/C14H22O2/c1-9(2)11-5-4-10(3)8-12(11)13-6-7-14(15)16-13/h6-7,9-13H,4-5,8H2,1-3H3/t10-,11+,12-,13-/m1/s1. The predicted molar refractivity (Wildman–Crippen MR) is 63.9 cm³/mol. The molecule has 16 heavy (non-hydrogen) atoms. The monoisotopic (exact) mass is 222 g/mol.